The molecule has 1 heterocycles. The fraction of sp³-hybridized carbons (Fsp3) is 0.909. The highest BCUT2D eigenvalue weighted by molar-refractivity contribution is 5.70. The van der Waals surface area contributed by atoms with Crippen LogP contribution in [0.2, 0.25) is 0 Å². The minimum absolute atomic E-state index is 0.142. The van der Waals surface area contributed by atoms with E-state index in [1.54, 1.807) is 7.11 Å². The monoisotopic (exact) mass is 215 g/mol. The summed E-state index contributed by atoms with van der Waals surface area (Å²) in [6.07, 6.45) is 1.55. The number of carbonyl (C=O) groups is 1. The second-order valence-corrected chi connectivity index (χ2v) is 4.99. The third-order valence-corrected chi connectivity index (χ3v) is 2.35. The normalized spacial score (nSPS) is 26.7. The molecule has 4 nitrogen and oxygen atoms in total. The minimum Gasteiger partial charge on any atom is -0.460 e. The lowest BCUT2D eigenvalue weighted by Crippen LogP contribution is -2.30. The SMILES string of the molecule is CO[C@@H]1CN[C@H](CC(=O)OC(C)(C)C)C1. The van der Waals surface area contributed by atoms with Gasteiger partial charge in [0.1, 0.15) is 5.60 Å². The quantitative estimate of drug-likeness (QED) is 0.716. The fourth-order valence-electron chi connectivity index (χ4n) is 1.70. The molecule has 0 aromatic carbocycles. The van der Waals surface area contributed by atoms with Gasteiger partial charge in [0, 0.05) is 19.7 Å². The predicted octanol–water partition coefficient (Wildman–Crippen LogP) is 1.10. The maximum atomic E-state index is 11.5. The molecule has 0 radical (unpaired) electrons. The number of rotatable bonds is 3. The number of ether oxygens (including phenoxy) is 2. The van der Waals surface area contributed by atoms with Gasteiger partial charge in [-0.05, 0) is 27.2 Å². The van der Waals surface area contributed by atoms with Crippen LogP contribution in [-0.2, 0) is 14.3 Å². The van der Waals surface area contributed by atoms with Gasteiger partial charge in [-0.25, -0.2) is 0 Å². The second kappa shape index (κ2) is 4.94. The summed E-state index contributed by atoms with van der Waals surface area (Å²) < 4.78 is 10.5. The molecule has 15 heavy (non-hydrogen) atoms. The largest absolute Gasteiger partial charge is 0.460 e. The van der Waals surface area contributed by atoms with Gasteiger partial charge in [0.2, 0.25) is 0 Å². The topological polar surface area (TPSA) is 47.6 Å². The Morgan fingerprint density at radius 3 is 2.60 bits per heavy atom. The molecule has 1 aliphatic heterocycles. The number of methoxy groups -OCH3 is 1. The number of esters is 1. The molecule has 1 aliphatic rings. The predicted molar refractivity (Wildman–Crippen MR) is 57.7 cm³/mol. The van der Waals surface area contributed by atoms with Gasteiger partial charge < -0.3 is 14.8 Å². The highest BCUT2D eigenvalue weighted by Gasteiger charge is 2.27. The molecular formula is C11H21NO3. The molecule has 1 N–H and O–H groups in total. The van der Waals surface area contributed by atoms with Crippen molar-refractivity contribution < 1.29 is 14.3 Å². The summed E-state index contributed by atoms with van der Waals surface area (Å²) in [4.78, 5) is 11.5. The summed E-state index contributed by atoms with van der Waals surface area (Å²) in [5.74, 6) is -0.142. The van der Waals surface area contributed by atoms with E-state index >= 15 is 0 Å². The summed E-state index contributed by atoms with van der Waals surface area (Å²) in [6.45, 7) is 6.46. The molecule has 88 valence electrons. The Hall–Kier alpha value is -0.610. The number of hydrogen-bond acceptors (Lipinski definition) is 4. The summed E-state index contributed by atoms with van der Waals surface area (Å²) >= 11 is 0. The van der Waals surface area contributed by atoms with Crippen LogP contribution in [0, 0.1) is 0 Å². The summed E-state index contributed by atoms with van der Waals surface area (Å²) in [5.41, 5.74) is -0.393. The molecule has 0 saturated carbocycles. The first-order chi connectivity index (χ1) is 6.90. The van der Waals surface area contributed by atoms with Crippen molar-refractivity contribution in [2.45, 2.75) is 51.4 Å². The van der Waals surface area contributed by atoms with Crippen molar-refractivity contribution in [2.75, 3.05) is 13.7 Å². The molecule has 1 rings (SSSR count). The Balaban J connectivity index is 2.28. The smallest absolute Gasteiger partial charge is 0.307 e. The Morgan fingerprint density at radius 2 is 2.13 bits per heavy atom. The zero-order chi connectivity index (χ0) is 11.5. The van der Waals surface area contributed by atoms with E-state index < -0.39 is 5.60 Å². The average molecular weight is 215 g/mol. The molecule has 0 bridgehead atoms. The van der Waals surface area contributed by atoms with E-state index in [1.165, 1.54) is 0 Å². The first-order valence-corrected chi connectivity index (χ1v) is 5.39. The van der Waals surface area contributed by atoms with E-state index in [1.807, 2.05) is 20.8 Å². The van der Waals surface area contributed by atoms with Gasteiger partial charge in [0.05, 0.1) is 12.5 Å². The van der Waals surface area contributed by atoms with E-state index in [0.717, 1.165) is 13.0 Å². The second-order valence-electron chi connectivity index (χ2n) is 4.99. The van der Waals surface area contributed by atoms with Gasteiger partial charge in [-0.15, -0.1) is 0 Å². The Bertz CT molecular complexity index is 222. The standard InChI is InChI=1S/C11H21NO3/c1-11(2,3)15-10(13)6-8-5-9(14-4)7-12-8/h8-9,12H,5-7H2,1-4H3/t8-,9-/m0/s1. The van der Waals surface area contributed by atoms with Crippen molar-refractivity contribution in [1.82, 2.24) is 5.32 Å². The summed E-state index contributed by atoms with van der Waals surface area (Å²) in [6, 6.07) is 0.199. The lowest BCUT2D eigenvalue weighted by Gasteiger charge is -2.20. The maximum Gasteiger partial charge on any atom is 0.307 e. The van der Waals surface area contributed by atoms with E-state index in [0.29, 0.717) is 6.42 Å². The molecule has 1 fully saturated rings. The maximum absolute atomic E-state index is 11.5. The third kappa shape index (κ3) is 4.62. The Kier molecular flexibility index (Phi) is 4.11. The molecule has 0 aromatic heterocycles. The average Bonchev–Trinajstić information content (AvgIpc) is 2.48. The third-order valence-electron chi connectivity index (χ3n) is 2.35. The van der Waals surface area contributed by atoms with Crippen molar-refractivity contribution in [2.24, 2.45) is 0 Å². The highest BCUT2D eigenvalue weighted by atomic mass is 16.6. The molecular weight excluding hydrogens is 194 g/mol. The molecule has 0 aromatic rings. The molecule has 2 atom stereocenters. The number of hydrogen-bond donors (Lipinski definition) is 1. The molecule has 0 aliphatic carbocycles. The number of carbonyl (C=O) groups excluding carboxylic acids is 1. The van der Waals surface area contributed by atoms with Crippen LogP contribution in [0.25, 0.3) is 0 Å². The minimum atomic E-state index is -0.393. The van der Waals surface area contributed by atoms with Gasteiger partial charge in [-0.3, -0.25) is 4.79 Å². The summed E-state index contributed by atoms with van der Waals surface area (Å²) in [5, 5.41) is 3.25. The molecule has 0 spiro atoms. The molecule has 0 unspecified atom stereocenters. The first-order valence-electron chi connectivity index (χ1n) is 5.39. The van der Waals surface area contributed by atoms with E-state index in [-0.39, 0.29) is 18.1 Å². The van der Waals surface area contributed by atoms with Crippen LogP contribution in [0.4, 0.5) is 0 Å². The molecule has 0 amide bonds. The van der Waals surface area contributed by atoms with Crippen LogP contribution in [0.3, 0.4) is 0 Å². The molecule has 1 saturated heterocycles. The van der Waals surface area contributed by atoms with Gasteiger partial charge in [-0.2, -0.15) is 0 Å². The van der Waals surface area contributed by atoms with Gasteiger partial charge in [0.15, 0.2) is 0 Å². The van der Waals surface area contributed by atoms with Crippen molar-refractivity contribution in [3.05, 3.63) is 0 Å². The van der Waals surface area contributed by atoms with Crippen molar-refractivity contribution >= 4 is 5.97 Å². The lowest BCUT2D eigenvalue weighted by molar-refractivity contribution is -0.155. The van der Waals surface area contributed by atoms with Crippen molar-refractivity contribution in [3.8, 4) is 0 Å². The first kappa shape index (κ1) is 12.5. The zero-order valence-corrected chi connectivity index (χ0v) is 10.0. The molecule has 4 heteroatoms. The van der Waals surface area contributed by atoms with Crippen LogP contribution in [-0.4, -0.2) is 37.4 Å². The van der Waals surface area contributed by atoms with Crippen LogP contribution in [0.15, 0.2) is 0 Å². The van der Waals surface area contributed by atoms with E-state index in [2.05, 4.69) is 5.32 Å². The van der Waals surface area contributed by atoms with Crippen LogP contribution in [0.5, 0.6) is 0 Å². The highest BCUT2D eigenvalue weighted by Crippen LogP contribution is 2.15. The van der Waals surface area contributed by atoms with E-state index in [4.69, 9.17) is 9.47 Å². The van der Waals surface area contributed by atoms with Crippen molar-refractivity contribution in [1.29, 1.82) is 0 Å². The van der Waals surface area contributed by atoms with Crippen LogP contribution < -0.4 is 5.32 Å². The van der Waals surface area contributed by atoms with Crippen molar-refractivity contribution in [3.63, 3.8) is 0 Å². The van der Waals surface area contributed by atoms with Crippen LogP contribution >= 0.6 is 0 Å². The van der Waals surface area contributed by atoms with Gasteiger partial charge in [-0.1, -0.05) is 0 Å². The Labute approximate surface area is 91.3 Å². The summed E-state index contributed by atoms with van der Waals surface area (Å²) in [7, 11) is 1.70. The fourth-order valence-corrected chi connectivity index (χ4v) is 1.70. The Morgan fingerprint density at radius 1 is 1.47 bits per heavy atom. The van der Waals surface area contributed by atoms with Gasteiger partial charge >= 0.3 is 5.97 Å². The van der Waals surface area contributed by atoms with Gasteiger partial charge in [0.25, 0.3) is 0 Å². The van der Waals surface area contributed by atoms with E-state index in [9.17, 15) is 4.79 Å². The zero-order valence-electron chi connectivity index (χ0n) is 10.0. The van der Waals surface area contributed by atoms with Crippen LogP contribution in [0.1, 0.15) is 33.6 Å². The lowest BCUT2D eigenvalue weighted by atomic mass is 10.1. The number of nitrogens with one attached hydrogen (secondary N) is 1.